The molecule has 0 aliphatic rings. The third-order valence-corrected chi connectivity index (χ3v) is 2.69. The molecule has 0 radical (unpaired) electrons. The number of pyridine rings is 1. The largest absolute Gasteiger partial charge is 0.367 e. The molecule has 0 spiro atoms. The van der Waals surface area contributed by atoms with Crippen molar-refractivity contribution in [1.82, 2.24) is 10.1 Å². The van der Waals surface area contributed by atoms with Crippen molar-refractivity contribution in [3.05, 3.63) is 54.7 Å². The van der Waals surface area contributed by atoms with Crippen LogP contribution in [-0.4, -0.2) is 10.1 Å². The standard InChI is InChI=1S/C14H11N3O/c15-14-12(10-6-2-1-3-7-10)13(17-18-14)11-8-4-5-9-16-11/h1-9H,15H2. The van der Waals surface area contributed by atoms with E-state index < -0.39 is 0 Å². The summed E-state index contributed by atoms with van der Waals surface area (Å²) in [5, 5.41) is 4.00. The van der Waals surface area contributed by atoms with Crippen molar-refractivity contribution < 1.29 is 4.52 Å². The van der Waals surface area contributed by atoms with E-state index in [-0.39, 0.29) is 0 Å². The summed E-state index contributed by atoms with van der Waals surface area (Å²) in [6.07, 6.45) is 1.72. The predicted molar refractivity (Wildman–Crippen MR) is 69.6 cm³/mol. The van der Waals surface area contributed by atoms with Gasteiger partial charge in [-0.1, -0.05) is 41.6 Å². The van der Waals surface area contributed by atoms with Crippen molar-refractivity contribution in [2.24, 2.45) is 0 Å². The average molecular weight is 237 g/mol. The second kappa shape index (κ2) is 4.33. The highest BCUT2D eigenvalue weighted by atomic mass is 16.5. The molecule has 3 aromatic rings. The molecule has 2 heterocycles. The molecule has 2 aromatic heterocycles. The van der Waals surface area contributed by atoms with E-state index in [0.29, 0.717) is 11.6 Å². The summed E-state index contributed by atoms with van der Waals surface area (Å²) in [6, 6.07) is 15.4. The lowest BCUT2D eigenvalue weighted by Crippen LogP contribution is -1.88. The Morgan fingerprint density at radius 2 is 1.72 bits per heavy atom. The van der Waals surface area contributed by atoms with Crippen molar-refractivity contribution >= 4 is 5.88 Å². The number of anilines is 1. The third-order valence-electron chi connectivity index (χ3n) is 2.69. The van der Waals surface area contributed by atoms with Gasteiger partial charge in [-0.3, -0.25) is 4.98 Å². The highest BCUT2D eigenvalue weighted by molar-refractivity contribution is 5.85. The quantitative estimate of drug-likeness (QED) is 0.744. The maximum absolute atomic E-state index is 5.85. The first-order valence-electron chi connectivity index (χ1n) is 5.58. The molecule has 0 atom stereocenters. The highest BCUT2D eigenvalue weighted by Gasteiger charge is 2.17. The maximum atomic E-state index is 5.85. The van der Waals surface area contributed by atoms with Crippen LogP contribution in [0.25, 0.3) is 22.5 Å². The third kappa shape index (κ3) is 1.73. The molecule has 4 nitrogen and oxygen atoms in total. The van der Waals surface area contributed by atoms with Gasteiger partial charge in [-0.2, -0.15) is 0 Å². The molecule has 0 fully saturated rings. The molecule has 0 aliphatic carbocycles. The van der Waals surface area contributed by atoms with E-state index in [0.717, 1.165) is 16.8 Å². The highest BCUT2D eigenvalue weighted by Crippen LogP contribution is 2.34. The Balaban J connectivity index is 2.19. The van der Waals surface area contributed by atoms with Crippen molar-refractivity contribution in [1.29, 1.82) is 0 Å². The first-order valence-corrected chi connectivity index (χ1v) is 5.58. The molecule has 88 valence electrons. The van der Waals surface area contributed by atoms with Gasteiger partial charge in [-0.25, -0.2) is 0 Å². The van der Waals surface area contributed by atoms with Crippen LogP contribution in [0.2, 0.25) is 0 Å². The molecule has 0 aliphatic heterocycles. The fourth-order valence-corrected chi connectivity index (χ4v) is 1.86. The summed E-state index contributed by atoms with van der Waals surface area (Å²) >= 11 is 0. The van der Waals surface area contributed by atoms with Crippen molar-refractivity contribution in [3.8, 4) is 22.5 Å². The number of benzene rings is 1. The number of hydrogen-bond acceptors (Lipinski definition) is 4. The molecule has 0 amide bonds. The fourth-order valence-electron chi connectivity index (χ4n) is 1.86. The van der Waals surface area contributed by atoms with E-state index >= 15 is 0 Å². The number of aromatic nitrogens is 2. The van der Waals surface area contributed by atoms with Crippen molar-refractivity contribution in [3.63, 3.8) is 0 Å². The molecular weight excluding hydrogens is 226 g/mol. The molecular formula is C14H11N3O. The smallest absolute Gasteiger partial charge is 0.230 e. The molecule has 0 unspecified atom stereocenters. The van der Waals surface area contributed by atoms with E-state index in [1.165, 1.54) is 0 Å². The first-order chi connectivity index (χ1) is 8.86. The zero-order chi connectivity index (χ0) is 12.4. The van der Waals surface area contributed by atoms with Gasteiger partial charge >= 0.3 is 0 Å². The van der Waals surface area contributed by atoms with Crippen LogP contribution < -0.4 is 5.73 Å². The summed E-state index contributed by atoms with van der Waals surface area (Å²) < 4.78 is 5.09. The minimum atomic E-state index is 0.307. The summed E-state index contributed by atoms with van der Waals surface area (Å²) in [7, 11) is 0. The van der Waals surface area contributed by atoms with E-state index in [1.54, 1.807) is 6.20 Å². The minimum Gasteiger partial charge on any atom is -0.367 e. The van der Waals surface area contributed by atoms with Gasteiger partial charge in [0.1, 0.15) is 5.69 Å². The lowest BCUT2D eigenvalue weighted by atomic mass is 10.0. The number of rotatable bonds is 2. The van der Waals surface area contributed by atoms with Crippen LogP contribution in [-0.2, 0) is 0 Å². The van der Waals surface area contributed by atoms with Gasteiger partial charge in [0.15, 0.2) is 0 Å². The van der Waals surface area contributed by atoms with E-state index in [9.17, 15) is 0 Å². The van der Waals surface area contributed by atoms with Crippen molar-refractivity contribution in [2.75, 3.05) is 5.73 Å². The lowest BCUT2D eigenvalue weighted by Gasteiger charge is -2.01. The minimum absolute atomic E-state index is 0.307. The van der Waals surface area contributed by atoms with Gasteiger partial charge < -0.3 is 10.3 Å². The normalized spacial score (nSPS) is 10.4. The molecule has 1 aromatic carbocycles. The zero-order valence-electron chi connectivity index (χ0n) is 9.58. The monoisotopic (exact) mass is 237 g/mol. The lowest BCUT2D eigenvalue weighted by molar-refractivity contribution is 0.439. The Morgan fingerprint density at radius 1 is 0.944 bits per heavy atom. The number of nitrogen functional groups attached to an aromatic ring is 1. The van der Waals surface area contributed by atoms with Gasteiger partial charge in [0, 0.05) is 6.20 Å². The summed E-state index contributed by atoms with van der Waals surface area (Å²) in [5.41, 5.74) is 9.02. The number of hydrogen-bond donors (Lipinski definition) is 1. The molecule has 4 heteroatoms. The Kier molecular flexibility index (Phi) is 2.53. The predicted octanol–water partition coefficient (Wildman–Crippen LogP) is 2.99. The number of nitrogens with zero attached hydrogens (tertiary/aromatic N) is 2. The molecule has 2 N–H and O–H groups in total. The van der Waals surface area contributed by atoms with Crippen LogP contribution in [0.4, 0.5) is 5.88 Å². The Labute approximate surface area is 104 Å². The van der Waals surface area contributed by atoms with E-state index in [4.69, 9.17) is 10.3 Å². The Hall–Kier alpha value is -2.62. The average Bonchev–Trinajstić information content (AvgIpc) is 2.83. The summed E-state index contributed by atoms with van der Waals surface area (Å²) in [4.78, 5) is 4.27. The molecule has 3 rings (SSSR count). The van der Waals surface area contributed by atoms with Crippen LogP contribution in [0.1, 0.15) is 0 Å². The van der Waals surface area contributed by atoms with E-state index in [1.807, 2.05) is 48.5 Å². The first kappa shape index (κ1) is 10.5. The zero-order valence-corrected chi connectivity index (χ0v) is 9.58. The van der Waals surface area contributed by atoms with Crippen LogP contribution in [0, 0.1) is 0 Å². The Bertz CT molecular complexity index is 647. The van der Waals surface area contributed by atoms with E-state index in [2.05, 4.69) is 10.1 Å². The number of nitrogens with two attached hydrogens (primary N) is 1. The van der Waals surface area contributed by atoms with Crippen molar-refractivity contribution in [2.45, 2.75) is 0 Å². The maximum Gasteiger partial charge on any atom is 0.230 e. The second-order valence-corrected chi connectivity index (χ2v) is 3.85. The Morgan fingerprint density at radius 3 is 2.44 bits per heavy atom. The van der Waals surface area contributed by atoms with Gasteiger partial charge in [0.25, 0.3) is 0 Å². The van der Waals surface area contributed by atoms with Gasteiger partial charge in [-0.15, -0.1) is 0 Å². The van der Waals surface area contributed by atoms with Crippen LogP contribution in [0.3, 0.4) is 0 Å². The van der Waals surface area contributed by atoms with Gasteiger partial charge in [0.05, 0.1) is 11.3 Å². The molecule has 0 bridgehead atoms. The van der Waals surface area contributed by atoms with Crippen LogP contribution >= 0.6 is 0 Å². The topological polar surface area (TPSA) is 64.9 Å². The summed E-state index contributed by atoms with van der Waals surface area (Å²) in [5.74, 6) is 0.307. The molecule has 0 saturated carbocycles. The molecule has 0 saturated heterocycles. The molecule has 18 heavy (non-hydrogen) atoms. The SMILES string of the molecule is Nc1onc(-c2ccccn2)c1-c1ccccc1. The van der Waals surface area contributed by atoms with Crippen LogP contribution in [0.5, 0.6) is 0 Å². The van der Waals surface area contributed by atoms with Gasteiger partial charge in [0.2, 0.25) is 5.88 Å². The fraction of sp³-hybridized carbons (Fsp3) is 0. The van der Waals surface area contributed by atoms with Crippen LogP contribution in [0.15, 0.2) is 59.3 Å². The van der Waals surface area contributed by atoms with Gasteiger partial charge in [-0.05, 0) is 17.7 Å². The second-order valence-electron chi connectivity index (χ2n) is 3.85. The summed E-state index contributed by atoms with van der Waals surface area (Å²) in [6.45, 7) is 0.